The van der Waals surface area contributed by atoms with Gasteiger partial charge in [0.1, 0.15) is 0 Å². The van der Waals surface area contributed by atoms with Crippen molar-refractivity contribution in [3.8, 4) is 0 Å². The molecule has 2 saturated heterocycles. The van der Waals surface area contributed by atoms with Gasteiger partial charge in [-0.3, -0.25) is 4.90 Å². The van der Waals surface area contributed by atoms with Crippen molar-refractivity contribution in [1.29, 1.82) is 0 Å². The summed E-state index contributed by atoms with van der Waals surface area (Å²) in [4.78, 5) is 2.71. The molecule has 2 unspecified atom stereocenters. The van der Waals surface area contributed by atoms with Gasteiger partial charge in [-0.15, -0.1) is 0 Å². The molecule has 3 heteroatoms. The Hall–Kier alpha value is -0.120. The van der Waals surface area contributed by atoms with E-state index in [0.717, 1.165) is 31.7 Å². The Kier molecular flexibility index (Phi) is 5.05. The van der Waals surface area contributed by atoms with E-state index in [2.05, 4.69) is 31.0 Å². The predicted molar refractivity (Wildman–Crippen MR) is 75.9 cm³/mol. The second-order valence-electron chi connectivity index (χ2n) is 7.01. The van der Waals surface area contributed by atoms with E-state index in [9.17, 15) is 0 Å². The van der Waals surface area contributed by atoms with Crippen LogP contribution in [0, 0.1) is 5.92 Å². The third-order valence-corrected chi connectivity index (χ3v) is 4.13. The van der Waals surface area contributed by atoms with Crippen LogP contribution in [0.25, 0.3) is 0 Å². The van der Waals surface area contributed by atoms with Gasteiger partial charge < -0.3 is 10.1 Å². The molecule has 0 bridgehead atoms. The van der Waals surface area contributed by atoms with E-state index in [1.165, 1.54) is 38.8 Å². The molecule has 0 amide bonds. The summed E-state index contributed by atoms with van der Waals surface area (Å²) >= 11 is 0. The van der Waals surface area contributed by atoms with Crippen molar-refractivity contribution in [2.24, 2.45) is 5.92 Å². The molecule has 3 nitrogen and oxygen atoms in total. The monoisotopic (exact) mass is 254 g/mol. The van der Waals surface area contributed by atoms with E-state index < -0.39 is 0 Å². The van der Waals surface area contributed by atoms with Crippen molar-refractivity contribution in [1.82, 2.24) is 10.2 Å². The van der Waals surface area contributed by atoms with Crippen LogP contribution in [0.5, 0.6) is 0 Å². The second-order valence-corrected chi connectivity index (χ2v) is 7.01. The minimum Gasteiger partial charge on any atom is -0.381 e. The van der Waals surface area contributed by atoms with E-state index >= 15 is 0 Å². The Morgan fingerprint density at radius 3 is 2.72 bits per heavy atom. The normalized spacial score (nSPS) is 30.8. The largest absolute Gasteiger partial charge is 0.381 e. The molecule has 0 aromatic carbocycles. The van der Waals surface area contributed by atoms with Gasteiger partial charge in [-0.25, -0.2) is 0 Å². The molecule has 0 aliphatic carbocycles. The van der Waals surface area contributed by atoms with E-state index in [4.69, 9.17) is 4.74 Å². The number of likely N-dealkylation sites (tertiary alicyclic amines) is 1. The van der Waals surface area contributed by atoms with Crippen molar-refractivity contribution in [2.75, 3.05) is 32.8 Å². The van der Waals surface area contributed by atoms with Crippen LogP contribution in [0.15, 0.2) is 0 Å². The fourth-order valence-electron chi connectivity index (χ4n) is 3.01. The highest BCUT2D eigenvalue weighted by atomic mass is 16.5. The van der Waals surface area contributed by atoms with Gasteiger partial charge in [0.2, 0.25) is 0 Å². The van der Waals surface area contributed by atoms with E-state index in [1.54, 1.807) is 0 Å². The number of hydrogen-bond donors (Lipinski definition) is 1. The molecule has 0 radical (unpaired) electrons. The molecule has 2 aliphatic heterocycles. The summed E-state index contributed by atoms with van der Waals surface area (Å²) in [5.74, 6) is 0.778. The zero-order valence-electron chi connectivity index (χ0n) is 12.4. The number of nitrogens with zero attached hydrogens (tertiary/aromatic N) is 1. The van der Waals surface area contributed by atoms with Crippen LogP contribution in [-0.2, 0) is 4.74 Å². The maximum Gasteiger partial charge on any atom is 0.0507 e. The number of ether oxygens (including phenoxy) is 1. The lowest BCUT2D eigenvalue weighted by atomic mass is 9.98. The van der Waals surface area contributed by atoms with Gasteiger partial charge in [0.25, 0.3) is 0 Å². The summed E-state index contributed by atoms with van der Waals surface area (Å²) < 4.78 is 5.51. The Balaban J connectivity index is 1.81. The van der Waals surface area contributed by atoms with E-state index in [1.807, 2.05) is 0 Å². The molecule has 2 atom stereocenters. The highest BCUT2D eigenvalue weighted by molar-refractivity contribution is 4.84. The molecule has 0 aromatic heterocycles. The van der Waals surface area contributed by atoms with Crippen molar-refractivity contribution >= 4 is 0 Å². The number of rotatable bonds is 4. The van der Waals surface area contributed by atoms with Crippen molar-refractivity contribution < 1.29 is 4.74 Å². The Morgan fingerprint density at radius 2 is 2.06 bits per heavy atom. The summed E-state index contributed by atoms with van der Waals surface area (Å²) in [6.45, 7) is 12.4. The van der Waals surface area contributed by atoms with E-state index in [0.29, 0.717) is 0 Å². The minimum atomic E-state index is 0.236. The van der Waals surface area contributed by atoms with Crippen LogP contribution in [0.3, 0.4) is 0 Å². The maximum atomic E-state index is 5.51. The van der Waals surface area contributed by atoms with Crippen molar-refractivity contribution in [2.45, 2.75) is 58.0 Å². The molecule has 2 aliphatic rings. The zero-order chi connectivity index (χ0) is 13.0. The van der Waals surface area contributed by atoms with Gasteiger partial charge in [-0.2, -0.15) is 0 Å². The van der Waals surface area contributed by atoms with Crippen LogP contribution in [0.2, 0.25) is 0 Å². The molecule has 1 N–H and O–H groups in total. The molecule has 106 valence electrons. The summed E-state index contributed by atoms with van der Waals surface area (Å²) in [5, 5.41) is 3.67. The molecule has 18 heavy (non-hydrogen) atoms. The van der Waals surface area contributed by atoms with Crippen molar-refractivity contribution in [3.63, 3.8) is 0 Å². The molecule has 0 saturated carbocycles. The minimum absolute atomic E-state index is 0.236. The average molecular weight is 254 g/mol. The quantitative estimate of drug-likeness (QED) is 0.833. The fourth-order valence-corrected chi connectivity index (χ4v) is 3.01. The van der Waals surface area contributed by atoms with Gasteiger partial charge >= 0.3 is 0 Å². The lowest BCUT2D eigenvalue weighted by Crippen LogP contribution is -2.50. The topological polar surface area (TPSA) is 24.5 Å². The van der Waals surface area contributed by atoms with Crippen molar-refractivity contribution in [3.05, 3.63) is 0 Å². The lowest BCUT2D eigenvalue weighted by molar-refractivity contribution is 0.109. The Bertz CT molecular complexity index is 243. The number of nitrogens with one attached hydrogen (secondary N) is 1. The molecule has 2 heterocycles. The van der Waals surface area contributed by atoms with Crippen LogP contribution in [0.1, 0.15) is 46.5 Å². The molecule has 0 aromatic rings. The van der Waals surface area contributed by atoms with Crippen LogP contribution in [-0.4, -0.2) is 49.3 Å². The number of hydrogen-bond acceptors (Lipinski definition) is 3. The maximum absolute atomic E-state index is 5.51. The smallest absolute Gasteiger partial charge is 0.0507 e. The highest BCUT2D eigenvalue weighted by Crippen LogP contribution is 2.21. The first-order valence-corrected chi connectivity index (χ1v) is 7.61. The summed E-state index contributed by atoms with van der Waals surface area (Å²) in [6, 6.07) is 0.735. The third kappa shape index (κ3) is 4.52. The zero-order valence-corrected chi connectivity index (χ0v) is 12.4. The molecule has 2 rings (SSSR count). The lowest BCUT2D eigenvalue weighted by Gasteiger charge is -2.38. The molecule has 2 fully saturated rings. The molecular weight excluding hydrogens is 224 g/mol. The first-order valence-electron chi connectivity index (χ1n) is 7.61. The van der Waals surface area contributed by atoms with Crippen LogP contribution in [0.4, 0.5) is 0 Å². The number of piperidine rings is 1. The SMILES string of the molecule is CC(C)(C)NCC1CCCCN1CC1CCOC1. The van der Waals surface area contributed by atoms with Gasteiger partial charge in [0.05, 0.1) is 6.61 Å². The highest BCUT2D eigenvalue weighted by Gasteiger charge is 2.27. The molecular formula is C15H30N2O. The molecule has 0 spiro atoms. The summed E-state index contributed by atoms with van der Waals surface area (Å²) in [6.07, 6.45) is 5.39. The first-order chi connectivity index (χ1) is 8.54. The predicted octanol–water partition coefficient (Wildman–Crippen LogP) is 2.27. The third-order valence-electron chi connectivity index (χ3n) is 4.13. The van der Waals surface area contributed by atoms with Gasteiger partial charge in [-0.1, -0.05) is 6.42 Å². The Labute approximate surface area is 112 Å². The summed E-state index contributed by atoms with van der Waals surface area (Å²) in [5.41, 5.74) is 0.236. The standard InChI is InChI=1S/C15H30N2O/c1-15(2,3)16-10-14-6-4-5-8-17(14)11-13-7-9-18-12-13/h13-14,16H,4-12H2,1-3H3. The van der Waals surface area contributed by atoms with Crippen LogP contribution >= 0.6 is 0 Å². The average Bonchev–Trinajstić information content (AvgIpc) is 2.80. The van der Waals surface area contributed by atoms with E-state index in [-0.39, 0.29) is 5.54 Å². The fraction of sp³-hybridized carbons (Fsp3) is 1.00. The first kappa shape index (κ1) is 14.3. The van der Waals surface area contributed by atoms with Gasteiger partial charge in [0.15, 0.2) is 0 Å². The Morgan fingerprint density at radius 1 is 1.22 bits per heavy atom. The second kappa shape index (κ2) is 6.36. The van der Waals surface area contributed by atoms with Gasteiger partial charge in [0, 0.05) is 31.3 Å². The summed E-state index contributed by atoms with van der Waals surface area (Å²) in [7, 11) is 0. The van der Waals surface area contributed by atoms with Gasteiger partial charge in [-0.05, 0) is 52.5 Å². The van der Waals surface area contributed by atoms with Crippen LogP contribution < -0.4 is 5.32 Å².